The quantitative estimate of drug-likeness (QED) is 0.746. The maximum absolute atomic E-state index is 2.71. The minimum absolute atomic E-state index is 0.720. The van der Waals surface area contributed by atoms with Gasteiger partial charge in [-0.15, -0.1) is 0 Å². The summed E-state index contributed by atoms with van der Waals surface area (Å²) >= 11 is 0. The van der Waals surface area contributed by atoms with Crippen molar-refractivity contribution in [3.63, 3.8) is 0 Å². The van der Waals surface area contributed by atoms with Gasteiger partial charge in [0, 0.05) is 38.3 Å². The number of likely N-dealkylation sites (tertiary alicyclic amines) is 2. The van der Waals surface area contributed by atoms with Crippen LogP contribution >= 0.6 is 0 Å². The van der Waals surface area contributed by atoms with Crippen LogP contribution in [-0.4, -0.2) is 48.1 Å². The number of hydrogen-bond donors (Lipinski definition) is 0. The van der Waals surface area contributed by atoms with Crippen LogP contribution in [0.4, 0.5) is 0 Å². The topological polar surface area (TPSA) is 6.48 Å². The fourth-order valence-corrected chi connectivity index (χ4v) is 3.75. The first-order valence-corrected chi connectivity index (χ1v) is 7.51. The van der Waals surface area contributed by atoms with Crippen LogP contribution < -0.4 is 0 Å². The summed E-state index contributed by atoms with van der Waals surface area (Å²) in [5.41, 5.74) is 0. The highest BCUT2D eigenvalue weighted by atomic mass is 15.2. The van der Waals surface area contributed by atoms with E-state index in [2.05, 4.69) is 44.4 Å². The van der Waals surface area contributed by atoms with Gasteiger partial charge in [-0.1, -0.05) is 13.3 Å². The smallest absolute Gasteiger partial charge is 0.00388 e. The predicted molar refractivity (Wildman–Crippen MR) is 74.2 cm³/mol. The molecule has 0 bridgehead atoms. The SMILES string of the molecule is CC[C@@H]1CN(C(C)C)C[C@@H]2CN(C(C)C)C[C@@H]12. The second-order valence-electron chi connectivity index (χ2n) is 6.69. The minimum atomic E-state index is 0.720. The van der Waals surface area contributed by atoms with E-state index in [4.69, 9.17) is 0 Å². The zero-order valence-corrected chi connectivity index (χ0v) is 12.3. The summed E-state index contributed by atoms with van der Waals surface area (Å²) in [6.07, 6.45) is 1.36. The molecule has 0 N–H and O–H groups in total. The monoisotopic (exact) mass is 238 g/mol. The molecule has 2 aliphatic rings. The predicted octanol–water partition coefficient (Wildman–Crippen LogP) is 2.69. The lowest BCUT2D eigenvalue weighted by molar-refractivity contribution is 0.0644. The fraction of sp³-hybridized carbons (Fsp3) is 1.00. The zero-order valence-electron chi connectivity index (χ0n) is 12.3. The third-order valence-electron chi connectivity index (χ3n) is 5.05. The van der Waals surface area contributed by atoms with E-state index in [0.29, 0.717) is 0 Å². The molecule has 2 aliphatic heterocycles. The van der Waals surface area contributed by atoms with Gasteiger partial charge in [0.1, 0.15) is 0 Å². The van der Waals surface area contributed by atoms with Gasteiger partial charge in [0.15, 0.2) is 0 Å². The molecule has 2 heteroatoms. The molecule has 0 radical (unpaired) electrons. The molecule has 17 heavy (non-hydrogen) atoms. The van der Waals surface area contributed by atoms with Crippen molar-refractivity contribution in [2.75, 3.05) is 26.2 Å². The Balaban J connectivity index is 2.05. The number of fused-ring (bicyclic) bond motifs is 1. The van der Waals surface area contributed by atoms with Crippen LogP contribution in [0.1, 0.15) is 41.0 Å². The molecule has 2 nitrogen and oxygen atoms in total. The van der Waals surface area contributed by atoms with Gasteiger partial charge in [-0.2, -0.15) is 0 Å². The number of hydrogen-bond acceptors (Lipinski definition) is 2. The van der Waals surface area contributed by atoms with Crippen LogP contribution in [0.25, 0.3) is 0 Å². The summed E-state index contributed by atoms with van der Waals surface area (Å²) in [4.78, 5) is 5.40. The Morgan fingerprint density at radius 1 is 0.882 bits per heavy atom. The maximum atomic E-state index is 2.71. The Morgan fingerprint density at radius 3 is 1.88 bits per heavy atom. The van der Waals surface area contributed by atoms with E-state index in [1.807, 2.05) is 0 Å². The van der Waals surface area contributed by atoms with Crippen LogP contribution in [0, 0.1) is 17.8 Å². The normalized spacial score (nSPS) is 35.8. The zero-order chi connectivity index (χ0) is 12.6. The lowest BCUT2D eigenvalue weighted by atomic mass is 9.78. The Bertz CT molecular complexity index is 249. The molecule has 0 saturated carbocycles. The highest BCUT2D eigenvalue weighted by molar-refractivity contribution is 4.95. The number of nitrogens with zero attached hydrogens (tertiary/aromatic N) is 2. The molecule has 2 fully saturated rings. The third-order valence-corrected chi connectivity index (χ3v) is 5.05. The first-order valence-electron chi connectivity index (χ1n) is 7.51. The largest absolute Gasteiger partial charge is 0.300 e. The van der Waals surface area contributed by atoms with Gasteiger partial charge in [0.2, 0.25) is 0 Å². The number of rotatable bonds is 3. The maximum Gasteiger partial charge on any atom is 0.00388 e. The van der Waals surface area contributed by atoms with Crippen LogP contribution in [0.15, 0.2) is 0 Å². The molecule has 0 aromatic carbocycles. The average Bonchev–Trinajstić information content (AvgIpc) is 2.71. The molecule has 0 aromatic rings. The molecule has 2 rings (SSSR count). The number of piperidine rings is 1. The Kier molecular flexibility index (Phi) is 4.14. The molecular formula is C15H30N2. The van der Waals surface area contributed by atoms with Gasteiger partial charge in [0.25, 0.3) is 0 Å². The van der Waals surface area contributed by atoms with Gasteiger partial charge in [-0.3, -0.25) is 0 Å². The highest BCUT2D eigenvalue weighted by Gasteiger charge is 2.42. The van der Waals surface area contributed by atoms with Crippen molar-refractivity contribution in [3.8, 4) is 0 Å². The molecule has 0 aliphatic carbocycles. The van der Waals surface area contributed by atoms with Crippen molar-refractivity contribution in [2.45, 2.75) is 53.1 Å². The van der Waals surface area contributed by atoms with E-state index in [-0.39, 0.29) is 0 Å². The average molecular weight is 238 g/mol. The standard InChI is InChI=1S/C15H30N2/c1-6-13-7-16(11(2)3)8-14-9-17(12(4)5)10-15(13)14/h11-15H,6-10H2,1-5H3/t13-,14-,15+/m1/s1. The van der Waals surface area contributed by atoms with E-state index in [9.17, 15) is 0 Å². The molecule has 2 saturated heterocycles. The van der Waals surface area contributed by atoms with E-state index >= 15 is 0 Å². The second kappa shape index (κ2) is 5.27. The van der Waals surface area contributed by atoms with Gasteiger partial charge in [-0.05, 0) is 45.4 Å². The second-order valence-corrected chi connectivity index (χ2v) is 6.69. The van der Waals surface area contributed by atoms with Crippen molar-refractivity contribution in [2.24, 2.45) is 17.8 Å². The van der Waals surface area contributed by atoms with Crippen LogP contribution in [0.3, 0.4) is 0 Å². The highest BCUT2D eigenvalue weighted by Crippen LogP contribution is 2.37. The van der Waals surface area contributed by atoms with Crippen molar-refractivity contribution in [1.29, 1.82) is 0 Å². The van der Waals surface area contributed by atoms with Crippen molar-refractivity contribution >= 4 is 0 Å². The van der Waals surface area contributed by atoms with Crippen molar-refractivity contribution in [3.05, 3.63) is 0 Å². The molecule has 0 unspecified atom stereocenters. The summed E-state index contributed by atoms with van der Waals surface area (Å²) in [5, 5.41) is 0. The molecule has 0 spiro atoms. The summed E-state index contributed by atoms with van der Waals surface area (Å²) in [6, 6.07) is 1.45. The summed E-state index contributed by atoms with van der Waals surface area (Å²) in [7, 11) is 0. The first kappa shape index (κ1) is 13.4. The van der Waals surface area contributed by atoms with Crippen LogP contribution in [-0.2, 0) is 0 Å². The molecule has 0 amide bonds. The van der Waals surface area contributed by atoms with Gasteiger partial charge in [0.05, 0.1) is 0 Å². The van der Waals surface area contributed by atoms with E-state index in [0.717, 1.165) is 29.8 Å². The van der Waals surface area contributed by atoms with E-state index < -0.39 is 0 Å². The Morgan fingerprint density at radius 2 is 1.41 bits per heavy atom. The van der Waals surface area contributed by atoms with Crippen LogP contribution in [0.5, 0.6) is 0 Å². The molecule has 0 aromatic heterocycles. The lowest BCUT2D eigenvalue weighted by Crippen LogP contribution is -2.48. The molecule has 3 atom stereocenters. The molecule has 2 heterocycles. The van der Waals surface area contributed by atoms with Gasteiger partial charge in [-0.25, -0.2) is 0 Å². The van der Waals surface area contributed by atoms with E-state index in [1.165, 1.54) is 32.6 Å². The molecule has 100 valence electrons. The first-order chi connectivity index (χ1) is 8.02. The summed E-state index contributed by atoms with van der Waals surface area (Å²) < 4.78 is 0. The summed E-state index contributed by atoms with van der Waals surface area (Å²) in [5.74, 6) is 2.83. The lowest BCUT2D eigenvalue weighted by Gasteiger charge is -2.42. The Hall–Kier alpha value is -0.0800. The Labute approximate surface area is 107 Å². The summed E-state index contributed by atoms with van der Waals surface area (Å²) in [6.45, 7) is 17.1. The van der Waals surface area contributed by atoms with Gasteiger partial charge < -0.3 is 9.80 Å². The van der Waals surface area contributed by atoms with Crippen molar-refractivity contribution < 1.29 is 0 Å². The molecular weight excluding hydrogens is 208 g/mol. The van der Waals surface area contributed by atoms with Gasteiger partial charge >= 0.3 is 0 Å². The third kappa shape index (κ3) is 2.68. The minimum Gasteiger partial charge on any atom is -0.300 e. The van der Waals surface area contributed by atoms with Crippen molar-refractivity contribution in [1.82, 2.24) is 9.80 Å². The fourth-order valence-electron chi connectivity index (χ4n) is 3.75. The van der Waals surface area contributed by atoms with E-state index in [1.54, 1.807) is 0 Å². The van der Waals surface area contributed by atoms with Crippen LogP contribution in [0.2, 0.25) is 0 Å².